The molecule has 2 aliphatic heterocycles. The van der Waals surface area contributed by atoms with Gasteiger partial charge >= 0.3 is 0 Å². The molecule has 0 amide bonds. The molecule has 224 valence electrons. The van der Waals surface area contributed by atoms with Crippen LogP contribution < -0.4 is 10.1 Å². The third-order valence-electron chi connectivity index (χ3n) is 8.52. The lowest BCUT2D eigenvalue weighted by atomic mass is 9.72. The molecule has 13 heteroatoms. The second kappa shape index (κ2) is 10.7. The van der Waals surface area contributed by atoms with Crippen LogP contribution in [-0.4, -0.2) is 95.2 Å². The summed E-state index contributed by atoms with van der Waals surface area (Å²) in [4.78, 5) is 40.1. The minimum atomic E-state index is -2.21. The van der Waals surface area contributed by atoms with Gasteiger partial charge in [0.15, 0.2) is 17.9 Å². The van der Waals surface area contributed by atoms with Crippen LogP contribution >= 0.6 is 0 Å². The van der Waals surface area contributed by atoms with Gasteiger partial charge in [-0.2, -0.15) is 0 Å². The molecule has 0 bridgehead atoms. The average molecular weight is 586 g/mol. The van der Waals surface area contributed by atoms with Crippen LogP contribution in [0.3, 0.4) is 0 Å². The van der Waals surface area contributed by atoms with Gasteiger partial charge in [0.05, 0.1) is 42.7 Å². The third kappa shape index (κ3) is 4.40. The van der Waals surface area contributed by atoms with Crippen molar-refractivity contribution in [1.29, 1.82) is 0 Å². The van der Waals surface area contributed by atoms with Crippen LogP contribution in [0.4, 0.5) is 0 Å². The standard InChI is InChI=1S/C29H31NO12/c1-12-28-15(30-10-39-11-40-28)6-19(41-12)42-17-8-29(37,18(32)9-31)7-14-21(17)27(36)23-22(25(14)34)24(33)13-4-3-5-16(38-2)20(13)26(23)35/h3-5,12,15,17,19,28,30-31,34,36-37H,6-11H2,1-2H3. The van der Waals surface area contributed by atoms with Gasteiger partial charge < -0.3 is 44.1 Å². The van der Waals surface area contributed by atoms with Gasteiger partial charge in [-0.25, -0.2) is 0 Å². The van der Waals surface area contributed by atoms with Gasteiger partial charge in [-0.15, -0.1) is 0 Å². The number of aliphatic hydroxyl groups excluding tert-OH is 1. The predicted molar refractivity (Wildman–Crippen MR) is 140 cm³/mol. The largest absolute Gasteiger partial charge is 0.507 e. The van der Waals surface area contributed by atoms with Crippen molar-refractivity contribution in [2.45, 2.75) is 62.4 Å². The van der Waals surface area contributed by atoms with E-state index >= 15 is 0 Å². The molecule has 6 rings (SSSR count). The molecule has 42 heavy (non-hydrogen) atoms. The molecule has 0 spiro atoms. The molecule has 2 heterocycles. The van der Waals surface area contributed by atoms with Gasteiger partial charge in [-0.3, -0.25) is 19.7 Å². The van der Waals surface area contributed by atoms with E-state index in [2.05, 4.69) is 5.32 Å². The minimum Gasteiger partial charge on any atom is -0.507 e. The van der Waals surface area contributed by atoms with E-state index in [4.69, 9.17) is 23.7 Å². The summed E-state index contributed by atoms with van der Waals surface area (Å²) >= 11 is 0. The Kier molecular flexibility index (Phi) is 7.30. The van der Waals surface area contributed by atoms with Crippen molar-refractivity contribution < 1.29 is 58.5 Å². The summed E-state index contributed by atoms with van der Waals surface area (Å²) in [6.45, 7) is 1.11. The van der Waals surface area contributed by atoms with Crippen LogP contribution in [0.15, 0.2) is 18.2 Å². The summed E-state index contributed by atoms with van der Waals surface area (Å²) < 4.78 is 28.7. The van der Waals surface area contributed by atoms with Crippen LogP contribution in [0.5, 0.6) is 17.2 Å². The summed E-state index contributed by atoms with van der Waals surface area (Å²) in [7, 11) is 1.34. The van der Waals surface area contributed by atoms with Gasteiger partial charge in [-0.1, -0.05) is 12.1 Å². The number of ether oxygens (including phenoxy) is 5. The van der Waals surface area contributed by atoms with Gasteiger partial charge in [0, 0.05) is 42.0 Å². The van der Waals surface area contributed by atoms with Crippen LogP contribution in [0.2, 0.25) is 0 Å². The lowest BCUT2D eigenvalue weighted by molar-refractivity contribution is -0.257. The summed E-state index contributed by atoms with van der Waals surface area (Å²) in [5.74, 6) is -3.61. The number of hydrogen-bond donors (Lipinski definition) is 5. The minimum absolute atomic E-state index is 0.0342. The number of rotatable bonds is 5. The normalized spacial score (nSPS) is 30.4. The van der Waals surface area contributed by atoms with Crippen LogP contribution in [0, 0.1) is 0 Å². The molecule has 0 aromatic heterocycles. The van der Waals surface area contributed by atoms with Gasteiger partial charge in [-0.05, 0) is 13.0 Å². The molecule has 2 aliphatic carbocycles. The van der Waals surface area contributed by atoms with Crippen LogP contribution in [0.1, 0.15) is 68.8 Å². The number of methoxy groups -OCH3 is 1. The highest BCUT2D eigenvalue weighted by atomic mass is 16.7. The van der Waals surface area contributed by atoms with E-state index in [0.29, 0.717) is 0 Å². The highest BCUT2D eigenvalue weighted by Crippen LogP contribution is 2.52. The van der Waals surface area contributed by atoms with E-state index in [1.807, 2.05) is 0 Å². The zero-order valence-corrected chi connectivity index (χ0v) is 22.9. The molecule has 0 saturated carbocycles. The third-order valence-corrected chi connectivity index (χ3v) is 8.52. The van der Waals surface area contributed by atoms with Crippen molar-refractivity contribution in [2.24, 2.45) is 0 Å². The summed E-state index contributed by atoms with van der Waals surface area (Å²) in [5, 5.41) is 47.3. The zero-order valence-electron chi connectivity index (χ0n) is 22.9. The number of aromatic hydroxyl groups is 2. The molecule has 2 fully saturated rings. The smallest absolute Gasteiger partial charge is 0.202 e. The zero-order chi connectivity index (χ0) is 29.9. The number of carbonyl (C=O) groups is 3. The topological polar surface area (TPSA) is 190 Å². The van der Waals surface area contributed by atoms with Gasteiger partial charge in [0.1, 0.15) is 42.4 Å². The Bertz CT molecular complexity index is 1470. The molecule has 0 radical (unpaired) electrons. The van der Waals surface area contributed by atoms with Crippen LogP contribution in [-0.2, 0) is 30.2 Å². The fourth-order valence-electron chi connectivity index (χ4n) is 6.49. The molecule has 6 unspecified atom stereocenters. The fraction of sp³-hybridized carbons (Fsp3) is 0.483. The van der Waals surface area contributed by atoms with E-state index < -0.39 is 83.5 Å². The Balaban J connectivity index is 1.46. The number of nitrogens with one attached hydrogen (secondary N) is 1. The van der Waals surface area contributed by atoms with E-state index in [0.717, 1.165) is 0 Å². The summed E-state index contributed by atoms with van der Waals surface area (Å²) in [6.07, 6.45) is -3.74. The second-order valence-corrected chi connectivity index (χ2v) is 10.9. The lowest BCUT2D eigenvalue weighted by Crippen LogP contribution is -2.54. The average Bonchev–Trinajstić information content (AvgIpc) is 3.22. The number of phenolic OH excluding ortho intramolecular Hbond substituents is 2. The molecule has 2 aromatic carbocycles. The van der Waals surface area contributed by atoms with Crippen molar-refractivity contribution >= 4 is 17.3 Å². The number of aliphatic hydroxyl groups is 2. The Labute approximate surface area is 239 Å². The van der Waals surface area contributed by atoms with Crippen LogP contribution in [0.25, 0.3) is 0 Å². The van der Waals surface area contributed by atoms with Crippen molar-refractivity contribution in [3.8, 4) is 17.2 Å². The van der Waals surface area contributed by atoms with E-state index in [-0.39, 0.29) is 60.1 Å². The first kappa shape index (κ1) is 28.7. The molecule has 13 nitrogen and oxygen atoms in total. The predicted octanol–water partition coefficient (Wildman–Crippen LogP) is 0.602. The van der Waals surface area contributed by atoms with E-state index in [1.165, 1.54) is 25.3 Å². The molecule has 4 aliphatic rings. The monoisotopic (exact) mass is 585 g/mol. The Morgan fingerprint density at radius 2 is 1.90 bits per heavy atom. The molecule has 2 saturated heterocycles. The quantitative estimate of drug-likeness (QED) is 0.262. The van der Waals surface area contributed by atoms with E-state index in [1.54, 1.807) is 6.92 Å². The highest BCUT2D eigenvalue weighted by Gasteiger charge is 2.50. The number of Topliss-reactive ketones (excluding diaryl/α,β-unsaturated/α-hetero) is 1. The first-order valence-electron chi connectivity index (χ1n) is 13.6. The Hall–Kier alpha value is -3.43. The number of ketones is 3. The molecular weight excluding hydrogens is 554 g/mol. The van der Waals surface area contributed by atoms with Gasteiger partial charge in [0.25, 0.3) is 0 Å². The maximum atomic E-state index is 13.8. The fourth-order valence-corrected chi connectivity index (χ4v) is 6.49. The Morgan fingerprint density at radius 3 is 2.64 bits per heavy atom. The molecular formula is C29H31NO12. The van der Waals surface area contributed by atoms with Crippen molar-refractivity contribution in [1.82, 2.24) is 5.32 Å². The number of hydrogen-bond acceptors (Lipinski definition) is 13. The molecule has 5 N–H and O–H groups in total. The van der Waals surface area contributed by atoms with Crippen molar-refractivity contribution in [3.63, 3.8) is 0 Å². The van der Waals surface area contributed by atoms with Gasteiger partial charge in [0.2, 0.25) is 5.78 Å². The Morgan fingerprint density at radius 1 is 1.14 bits per heavy atom. The second-order valence-electron chi connectivity index (χ2n) is 10.9. The molecule has 2 aromatic rings. The maximum Gasteiger partial charge on any atom is 0.202 e. The summed E-state index contributed by atoms with van der Waals surface area (Å²) in [5.41, 5.74) is -3.42. The van der Waals surface area contributed by atoms with Crippen molar-refractivity contribution in [2.75, 3.05) is 27.2 Å². The summed E-state index contributed by atoms with van der Waals surface area (Å²) in [6, 6.07) is 4.18. The molecule has 6 atom stereocenters. The maximum absolute atomic E-state index is 13.8. The first-order valence-corrected chi connectivity index (χ1v) is 13.6. The number of phenols is 2. The number of fused-ring (bicyclic) bond motifs is 4. The number of carbonyl (C=O) groups excluding carboxylic acids is 3. The highest BCUT2D eigenvalue weighted by molar-refractivity contribution is 6.31. The van der Waals surface area contributed by atoms with Crippen molar-refractivity contribution in [3.05, 3.63) is 51.6 Å². The SMILES string of the molecule is COc1cccc2c1C(=O)c1c(O)c3c(c(O)c1C2=O)CC(O)(C(=O)CO)CC3OC1CC2NCOCOC2C(C)O1. The number of benzene rings is 2. The van der Waals surface area contributed by atoms with E-state index in [9.17, 15) is 34.8 Å². The first-order chi connectivity index (χ1) is 20.1. The lowest BCUT2D eigenvalue weighted by Gasteiger charge is -2.43.